The van der Waals surface area contributed by atoms with Crippen molar-refractivity contribution in [3.05, 3.63) is 42.5 Å². The first-order valence-electron chi connectivity index (χ1n) is 8.77. The number of carbonyl (C=O) groups excluding carboxylic acids is 1. The predicted molar refractivity (Wildman–Crippen MR) is 99.4 cm³/mol. The number of ether oxygens (including phenoxy) is 1. The van der Waals surface area contributed by atoms with Gasteiger partial charge in [-0.25, -0.2) is 9.97 Å². The Morgan fingerprint density at radius 3 is 2.69 bits per heavy atom. The summed E-state index contributed by atoms with van der Waals surface area (Å²) in [6, 6.07) is 3.65. The van der Waals surface area contributed by atoms with Crippen molar-refractivity contribution in [2.75, 3.05) is 56.7 Å². The Hall–Kier alpha value is -2.74. The van der Waals surface area contributed by atoms with Crippen LogP contribution in [0, 0.1) is 0 Å². The van der Waals surface area contributed by atoms with E-state index in [1.54, 1.807) is 38.0 Å². The fraction of sp³-hybridized carbons (Fsp3) is 0.444. The molecule has 8 heteroatoms. The largest absolute Gasteiger partial charge is 0.385 e. The number of hydrogen-bond acceptors (Lipinski definition) is 7. The fourth-order valence-electron chi connectivity index (χ4n) is 2.85. The van der Waals surface area contributed by atoms with Gasteiger partial charge in [-0.1, -0.05) is 0 Å². The van der Waals surface area contributed by atoms with Gasteiger partial charge in [-0.15, -0.1) is 0 Å². The zero-order chi connectivity index (χ0) is 18.2. The molecule has 0 saturated carbocycles. The van der Waals surface area contributed by atoms with Crippen LogP contribution in [0.25, 0.3) is 0 Å². The standard InChI is InChI=1S/C18H24N6O2/c1-26-11-3-6-20-16-12-15(13-19-14-16)17(25)23-7-9-24(10-8-23)18-21-4-2-5-22-18/h2,4-5,12-14,20H,3,6-11H2,1H3. The van der Waals surface area contributed by atoms with Crippen molar-refractivity contribution in [1.82, 2.24) is 19.9 Å². The molecule has 1 aliphatic rings. The van der Waals surface area contributed by atoms with Crippen molar-refractivity contribution < 1.29 is 9.53 Å². The molecule has 0 spiro atoms. The van der Waals surface area contributed by atoms with Crippen LogP contribution in [-0.2, 0) is 4.74 Å². The minimum atomic E-state index is 0.00618. The zero-order valence-electron chi connectivity index (χ0n) is 15.0. The van der Waals surface area contributed by atoms with E-state index >= 15 is 0 Å². The van der Waals surface area contributed by atoms with Crippen molar-refractivity contribution in [2.24, 2.45) is 0 Å². The lowest BCUT2D eigenvalue weighted by molar-refractivity contribution is 0.0746. The second-order valence-electron chi connectivity index (χ2n) is 6.06. The molecular weight excluding hydrogens is 332 g/mol. The van der Waals surface area contributed by atoms with Gasteiger partial charge < -0.3 is 19.9 Å². The number of methoxy groups -OCH3 is 1. The molecule has 1 N–H and O–H groups in total. The van der Waals surface area contributed by atoms with Crippen molar-refractivity contribution in [3.63, 3.8) is 0 Å². The maximum atomic E-state index is 12.8. The van der Waals surface area contributed by atoms with Gasteiger partial charge in [-0.05, 0) is 18.6 Å². The molecule has 0 unspecified atom stereocenters. The Morgan fingerprint density at radius 2 is 1.96 bits per heavy atom. The monoisotopic (exact) mass is 356 g/mol. The molecule has 1 saturated heterocycles. The maximum absolute atomic E-state index is 12.8. The van der Waals surface area contributed by atoms with Crippen LogP contribution >= 0.6 is 0 Å². The van der Waals surface area contributed by atoms with E-state index < -0.39 is 0 Å². The van der Waals surface area contributed by atoms with Crippen LogP contribution in [0.1, 0.15) is 16.8 Å². The number of anilines is 2. The van der Waals surface area contributed by atoms with E-state index in [9.17, 15) is 4.79 Å². The summed E-state index contributed by atoms with van der Waals surface area (Å²) in [6.45, 7) is 4.21. The Kier molecular flexibility index (Phi) is 6.32. The lowest BCUT2D eigenvalue weighted by Crippen LogP contribution is -2.49. The molecule has 1 amide bonds. The number of aromatic nitrogens is 3. The number of carbonyl (C=O) groups is 1. The van der Waals surface area contributed by atoms with Gasteiger partial charge in [0.2, 0.25) is 5.95 Å². The van der Waals surface area contributed by atoms with Crippen LogP contribution in [0.2, 0.25) is 0 Å². The Balaban J connectivity index is 1.55. The summed E-state index contributed by atoms with van der Waals surface area (Å²) >= 11 is 0. The molecule has 3 heterocycles. The summed E-state index contributed by atoms with van der Waals surface area (Å²) in [5.74, 6) is 0.718. The summed E-state index contributed by atoms with van der Waals surface area (Å²) in [5.41, 5.74) is 1.45. The summed E-state index contributed by atoms with van der Waals surface area (Å²) in [7, 11) is 1.69. The Bertz CT molecular complexity index is 704. The highest BCUT2D eigenvalue weighted by atomic mass is 16.5. The summed E-state index contributed by atoms with van der Waals surface area (Å²) in [6.07, 6.45) is 7.72. The molecule has 0 bridgehead atoms. The molecule has 0 aliphatic carbocycles. The molecule has 138 valence electrons. The Labute approximate surface area is 153 Å². The third-order valence-electron chi connectivity index (χ3n) is 4.24. The molecule has 8 nitrogen and oxygen atoms in total. The first-order chi connectivity index (χ1) is 12.8. The molecular formula is C18H24N6O2. The van der Waals surface area contributed by atoms with E-state index in [4.69, 9.17) is 4.74 Å². The maximum Gasteiger partial charge on any atom is 0.255 e. The lowest BCUT2D eigenvalue weighted by atomic mass is 10.2. The average molecular weight is 356 g/mol. The molecule has 26 heavy (non-hydrogen) atoms. The third-order valence-corrected chi connectivity index (χ3v) is 4.24. The second kappa shape index (κ2) is 9.10. The molecule has 3 rings (SSSR count). The highest BCUT2D eigenvalue weighted by Gasteiger charge is 2.23. The van der Waals surface area contributed by atoms with Crippen molar-refractivity contribution >= 4 is 17.5 Å². The lowest BCUT2D eigenvalue weighted by Gasteiger charge is -2.34. The van der Waals surface area contributed by atoms with Crippen LogP contribution in [0.3, 0.4) is 0 Å². The molecule has 2 aromatic heterocycles. The van der Waals surface area contributed by atoms with E-state index in [0.29, 0.717) is 31.2 Å². The van der Waals surface area contributed by atoms with E-state index in [0.717, 1.165) is 31.7 Å². The molecule has 1 aliphatic heterocycles. The van der Waals surface area contributed by atoms with Gasteiger partial charge >= 0.3 is 0 Å². The highest BCUT2D eigenvalue weighted by molar-refractivity contribution is 5.94. The van der Waals surface area contributed by atoms with Gasteiger partial charge in [0.25, 0.3) is 5.91 Å². The predicted octanol–water partition coefficient (Wildman–Crippen LogP) is 1.28. The van der Waals surface area contributed by atoms with Gasteiger partial charge in [-0.3, -0.25) is 9.78 Å². The minimum absolute atomic E-state index is 0.00618. The van der Waals surface area contributed by atoms with Gasteiger partial charge in [0.05, 0.1) is 11.3 Å². The number of nitrogens with one attached hydrogen (secondary N) is 1. The van der Waals surface area contributed by atoms with Crippen molar-refractivity contribution in [2.45, 2.75) is 6.42 Å². The number of amides is 1. The number of nitrogens with zero attached hydrogens (tertiary/aromatic N) is 5. The van der Waals surface area contributed by atoms with Gasteiger partial charge in [0, 0.05) is 71.2 Å². The van der Waals surface area contributed by atoms with E-state index in [1.165, 1.54) is 0 Å². The summed E-state index contributed by atoms with van der Waals surface area (Å²) in [5, 5.41) is 3.27. The van der Waals surface area contributed by atoms with Gasteiger partial charge in [0.1, 0.15) is 0 Å². The minimum Gasteiger partial charge on any atom is -0.385 e. The normalized spacial score (nSPS) is 14.3. The first kappa shape index (κ1) is 18.1. The topological polar surface area (TPSA) is 83.5 Å². The van der Waals surface area contributed by atoms with Crippen LogP contribution in [0.5, 0.6) is 0 Å². The second-order valence-corrected chi connectivity index (χ2v) is 6.06. The van der Waals surface area contributed by atoms with Crippen LogP contribution in [0.15, 0.2) is 36.9 Å². The van der Waals surface area contributed by atoms with E-state index in [2.05, 4.69) is 25.2 Å². The van der Waals surface area contributed by atoms with E-state index in [-0.39, 0.29) is 5.91 Å². The fourth-order valence-corrected chi connectivity index (χ4v) is 2.85. The highest BCUT2D eigenvalue weighted by Crippen LogP contribution is 2.14. The first-order valence-corrected chi connectivity index (χ1v) is 8.77. The summed E-state index contributed by atoms with van der Waals surface area (Å²) < 4.78 is 5.03. The molecule has 0 radical (unpaired) electrons. The van der Waals surface area contributed by atoms with Crippen molar-refractivity contribution in [1.29, 1.82) is 0 Å². The molecule has 0 aromatic carbocycles. The molecule has 1 fully saturated rings. The SMILES string of the molecule is COCCCNc1cncc(C(=O)N2CCN(c3ncccn3)CC2)c1. The molecule has 2 aromatic rings. The number of pyridine rings is 1. The number of rotatable bonds is 7. The van der Waals surface area contributed by atoms with Gasteiger partial charge in [0.15, 0.2) is 0 Å². The van der Waals surface area contributed by atoms with Crippen LogP contribution < -0.4 is 10.2 Å². The number of piperazine rings is 1. The quantitative estimate of drug-likeness (QED) is 0.748. The average Bonchev–Trinajstić information content (AvgIpc) is 2.72. The van der Waals surface area contributed by atoms with E-state index in [1.807, 2.05) is 11.0 Å². The summed E-state index contributed by atoms with van der Waals surface area (Å²) in [4.78, 5) is 29.4. The third kappa shape index (κ3) is 4.66. The zero-order valence-corrected chi connectivity index (χ0v) is 15.0. The van der Waals surface area contributed by atoms with Crippen molar-refractivity contribution in [3.8, 4) is 0 Å². The smallest absolute Gasteiger partial charge is 0.255 e. The van der Waals surface area contributed by atoms with Crippen LogP contribution in [0.4, 0.5) is 11.6 Å². The van der Waals surface area contributed by atoms with Crippen LogP contribution in [-0.4, -0.2) is 72.2 Å². The Morgan fingerprint density at radius 1 is 1.19 bits per heavy atom. The molecule has 0 atom stereocenters. The number of hydrogen-bond donors (Lipinski definition) is 1. The van der Waals surface area contributed by atoms with Gasteiger partial charge in [-0.2, -0.15) is 0 Å².